The number of thiophene rings is 1. The molecule has 5 heteroatoms. The lowest BCUT2D eigenvalue weighted by molar-refractivity contribution is 0.217. The molecule has 0 aliphatic heterocycles. The molecule has 1 unspecified atom stereocenters. The van der Waals surface area contributed by atoms with Crippen LogP contribution in [0.4, 0.5) is 4.39 Å². The molecule has 1 N–H and O–H groups in total. The average molecular weight is 296 g/mol. The molecular weight excluding hydrogens is 279 g/mol. The fraction of sp³-hybridized carbons (Fsp3) is 0.333. The van der Waals surface area contributed by atoms with Gasteiger partial charge in [-0.25, -0.2) is 4.39 Å². The first kappa shape index (κ1) is 14.8. The Morgan fingerprint density at radius 1 is 1.20 bits per heavy atom. The van der Waals surface area contributed by atoms with E-state index in [0.717, 1.165) is 11.3 Å². The van der Waals surface area contributed by atoms with E-state index in [1.807, 2.05) is 19.1 Å². The quantitative estimate of drug-likeness (QED) is 0.917. The highest BCUT2D eigenvalue weighted by Crippen LogP contribution is 2.36. The normalized spacial score (nSPS) is 12.2. The van der Waals surface area contributed by atoms with Crippen molar-refractivity contribution in [2.45, 2.75) is 19.4 Å². The van der Waals surface area contributed by atoms with E-state index in [4.69, 9.17) is 9.47 Å². The van der Waals surface area contributed by atoms with Gasteiger partial charge in [-0.3, -0.25) is 0 Å². The van der Waals surface area contributed by atoms with E-state index in [-0.39, 0.29) is 5.56 Å². The monoisotopic (exact) mass is 296 g/mol. The summed E-state index contributed by atoms with van der Waals surface area (Å²) in [4.78, 5) is 1.87. The molecule has 0 fully saturated rings. The maximum atomic E-state index is 14.1. The molecule has 0 aliphatic rings. The Bertz CT molecular complexity index is 595. The molecular formula is C15H17FO3S. The van der Waals surface area contributed by atoms with Crippen molar-refractivity contribution in [1.29, 1.82) is 0 Å². The summed E-state index contributed by atoms with van der Waals surface area (Å²) in [7, 11) is 2.92. The zero-order valence-electron chi connectivity index (χ0n) is 11.6. The second-order valence-electron chi connectivity index (χ2n) is 4.29. The highest BCUT2D eigenvalue weighted by Gasteiger charge is 2.20. The van der Waals surface area contributed by atoms with Crippen molar-refractivity contribution in [3.8, 4) is 11.5 Å². The number of hydrogen-bond donors (Lipinski definition) is 1. The van der Waals surface area contributed by atoms with Crippen LogP contribution in [0.25, 0.3) is 0 Å². The van der Waals surface area contributed by atoms with Gasteiger partial charge in [-0.1, -0.05) is 6.92 Å². The van der Waals surface area contributed by atoms with Crippen molar-refractivity contribution in [3.05, 3.63) is 45.4 Å². The largest absolute Gasteiger partial charge is 0.493 e. The van der Waals surface area contributed by atoms with Gasteiger partial charge in [0.05, 0.1) is 14.2 Å². The number of benzene rings is 1. The zero-order valence-corrected chi connectivity index (χ0v) is 12.5. The number of methoxy groups -OCH3 is 2. The van der Waals surface area contributed by atoms with Gasteiger partial charge in [-0.15, -0.1) is 11.3 Å². The van der Waals surface area contributed by atoms with Gasteiger partial charge >= 0.3 is 0 Å². The fourth-order valence-corrected chi connectivity index (χ4v) is 2.92. The number of aryl methyl sites for hydroxylation is 1. The number of aliphatic hydroxyl groups excluding tert-OH is 1. The summed E-state index contributed by atoms with van der Waals surface area (Å²) < 4.78 is 24.3. The van der Waals surface area contributed by atoms with Crippen LogP contribution in [0.5, 0.6) is 11.5 Å². The first-order valence-corrected chi connectivity index (χ1v) is 7.10. The Balaban J connectivity index is 2.40. The van der Waals surface area contributed by atoms with Gasteiger partial charge in [0.1, 0.15) is 11.9 Å². The van der Waals surface area contributed by atoms with Crippen molar-refractivity contribution in [2.75, 3.05) is 14.2 Å². The lowest BCUT2D eigenvalue weighted by Gasteiger charge is -2.14. The molecule has 0 saturated carbocycles. The van der Waals surface area contributed by atoms with Crippen molar-refractivity contribution in [2.24, 2.45) is 0 Å². The molecule has 3 nitrogen and oxygen atoms in total. The van der Waals surface area contributed by atoms with E-state index in [1.165, 1.54) is 37.7 Å². The van der Waals surface area contributed by atoms with E-state index in [9.17, 15) is 9.50 Å². The minimum absolute atomic E-state index is 0.187. The Morgan fingerprint density at radius 2 is 1.85 bits per heavy atom. The third-order valence-electron chi connectivity index (χ3n) is 3.10. The van der Waals surface area contributed by atoms with Crippen molar-refractivity contribution in [1.82, 2.24) is 0 Å². The van der Waals surface area contributed by atoms with E-state index < -0.39 is 11.9 Å². The van der Waals surface area contributed by atoms with Crippen LogP contribution in [-0.4, -0.2) is 19.3 Å². The van der Waals surface area contributed by atoms with Crippen LogP contribution in [0.15, 0.2) is 24.3 Å². The molecule has 108 valence electrons. The first-order valence-electron chi connectivity index (χ1n) is 6.28. The Morgan fingerprint density at radius 3 is 2.40 bits per heavy atom. The van der Waals surface area contributed by atoms with Crippen LogP contribution in [-0.2, 0) is 6.42 Å². The van der Waals surface area contributed by atoms with E-state index in [1.54, 1.807) is 0 Å². The number of aliphatic hydroxyl groups is 1. The second-order valence-corrected chi connectivity index (χ2v) is 5.49. The smallest absolute Gasteiger partial charge is 0.163 e. The molecule has 20 heavy (non-hydrogen) atoms. The lowest BCUT2D eigenvalue weighted by Crippen LogP contribution is -2.03. The van der Waals surface area contributed by atoms with Crippen molar-refractivity contribution in [3.63, 3.8) is 0 Å². The molecule has 0 radical (unpaired) electrons. The molecule has 0 amide bonds. The predicted octanol–water partition coefficient (Wildman–Crippen LogP) is 3.55. The molecule has 0 spiro atoms. The van der Waals surface area contributed by atoms with Crippen molar-refractivity contribution >= 4 is 11.3 Å². The highest BCUT2D eigenvalue weighted by atomic mass is 32.1. The van der Waals surface area contributed by atoms with Crippen LogP contribution in [0.1, 0.15) is 28.3 Å². The van der Waals surface area contributed by atoms with Crippen LogP contribution < -0.4 is 9.47 Å². The summed E-state index contributed by atoms with van der Waals surface area (Å²) in [6.07, 6.45) is -0.105. The summed E-state index contributed by atoms with van der Waals surface area (Å²) in [6.45, 7) is 2.04. The molecule has 2 rings (SSSR count). The molecule has 1 atom stereocenters. The topological polar surface area (TPSA) is 38.7 Å². The maximum absolute atomic E-state index is 14.1. The standard InChI is InChI=1S/C15H17FO3S/c1-4-9-5-6-14(20-9)15(17)10-7-12(18-2)13(19-3)8-11(10)16/h5-8,15,17H,4H2,1-3H3. The fourth-order valence-electron chi connectivity index (χ4n) is 1.96. The van der Waals surface area contributed by atoms with Gasteiger partial charge in [-0.05, 0) is 24.6 Å². The van der Waals surface area contributed by atoms with Crippen LogP contribution in [0.2, 0.25) is 0 Å². The highest BCUT2D eigenvalue weighted by molar-refractivity contribution is 7.12. The molecule has 2 aromatic rings. The summed E-state index contributed by atoms with van der Waals surface area (Å²) in [5.74, 6) is 0.193. The SMILES string of the molecule is CCc1ccc(C(O)c2cc(OC)c(OC)cc2F)s1. The minimum Gasteiger partial charge on any atom is -0.493 e. The second kappa shape index (κ2) is 6.24. The minimum atomic E-state index is -1.000. The maximum Gasteiger partial charge on any atom is 0.163 e. The first-order chi connectivity index (χ1) is 9.60. The van der Waals surface area contributed by atoms with Gasteiger partial charge in [0.2, 0.25) is 0 Å². The number of hydrogen-bond acceptors (Lipinski definition) is 4. The van der Waals surface area contributed by atoms with Crippen LogP contribution >= 0.6 is 11.3 Å². The molecule has 0 saturated heterocycles. The summed E-state index contributed by atoms with van der Waals surface area (Å²) in [5.41, 5.74) is 0.187. The van der Waals surface area contributed by atoms with Gasteiger partial charge in [0.15, 0.2) is 11.5 Å². The Hall–Kier alpha value is -1.59. The summed E-state index contributed by atoms with van der Waals surface area (Å²) in [6, 6.07) is 6.47. The average Bonchev–Trinajstić information content (AvgIpc) is 2.95. The van der Waals surface area contributed by atoms with Gasteiger partial charge in [-0.2, -0.15) is 0 Å². The number of ether oxygens (including phenoxy) is 2. The summed E-state index contributed by atoms with van der Waals surface area (Å²) in [5, 5.41) is 10.3. The molecule has 1 aromatic carbocycles. The van der Waals surface area contributed by atoms with Crippen LogP contribution in [0.3, 0.4) is 0 Å². The Kier molecular flexibility index (Phi) is 4.62. The zero-order chi connectivity index (χ0) is 14.7. The number of rotatable bonds is 5. The van der Waals surface area contributed by atoms with Gasteiger partial charge < -0.3 is 14.6 Å². The molecule has 1 aromatic heterocycles. The van der Waals surface area contributed by atoms with Crippen molar-refractivity contribution < 1.29 is 19.0 Å². The van der Waals surface area contributed by atoms with E-state index in [2.05, 4.69) is 0 Å². The third kappa shape index (κ3) is 2.78. The predicted molar refractivity (Wildman–Crippen MR) is 77.3 cm³/mol. The molecule has 0 bridgehead atoms. The third-order valence-corrected chi connectivity index (χ3v) is 4.38. The Labute approximate surface area is 121 Å². The van der Waals surface area contributed by atoms with Gasteiger partial charge in [0, 0.05) is 21.4 Å². The number of halogens is 1. The molecule has 0 aliphatic carbocycles. The lowest BCUT2D eigenvalue weighted by atomic mass is 10.1. The molecule has 1 heterocycles. The van der Waals surface area contributed by atoms with Gasteiger partial charge in [0.25, 0.3) is 0 Å². The van der Waals surface area contributed by atoms with E-state index in [0.29, 0.717) is 16.4 Å². The summed E-state index contributed by atoms with van der Waals surface area (Å²) >= 11 is 1.48. The van der Waals surface area contributed by atoms with E-state index >= 15 is 0 Å². The van der Waals surface area contributed by atoms with Crippen LogP contribution in [0, 0.1) is 5.82 Å².